The summed E-state index contributed by atoms with van der Waals surface area (Å²) in [4.78, 5) is 11.0. The number of esters is 1. The lowest BCUT2D eigenvalue weighted by atomic mass is 10.1. The third-order valence-electron chi connectivity index (χ3n) is 1.86. The van der Waals surface area contributed by atoms with Crippen LogP contribution in [0.3, 0.4) is 0 Å². The summed E-state index contributed by atoms with van der Waals surface area (Å²) in [7, 11) is 1.30. The fraction of sp³-hybridized carbons (Fsp3) is 0.300. The van der Waals surface area contributed by atoms with Crippen LogP contribution in [0.2, 0.25) is 0 Å². The van der Waals surface area contributed by atoms with Gasteiger partial charge in [0, 0.05) is 8.95 Å². The number of halogens is 2. The zero-order valence-electron chi connectivity index (χ0n) is 8.04. The lowest BCUT2D eigenvalue weighted by molar-refractivity contribution is -0.142. The van der Waals surface area contributed by atoms with Gasteiger partial charge in [-0.3, -0.25) is 4.79 Å². The quantitative estimate of drug-likeness (QED) is 0.863. The Morgan fingerprint density at radius 3 is 2.40 bits per heavy atom. The average Bonchev–Trinajstić information content (AvgIpc) is 2.16. The standard InChI is InChI=1S/C10H10Br2O3/c1-15-10(14)5-9(13)6-2-7(11)4-8(12)3-6/h2-4,9,13H,5H2,1H3. The van der Waals surface area contributed by atoms with Crippen LogP contribution < -0.4 is 0 Å². The molecule has 0 saturated heterocycles. The van der Waals surface area contributed by atoms with Gasteiger partial charge in [-0.2, -0.15) is 0 Å². The second-order valence-corrected chi connectivity index (χ2v) is 4.83. The number of hydrogen-bond donors (Lipinski definition) is 1. The second kappa shape index (κ2) is 5.63. The predicted octanol–water partition coefficient (Wildman–Crippen LogP) is 2.81. The first-order valence-corrected chi connectivity index (χ1v) is 5.82. The minimum atomic E-state index is -0.841. The highest BCUT2D eigenvalue weighted by Crippen LogP contribution is 2.25. The maximum atomic E-state index is 11.0. The monoisotopic (exact) mass is 336 g/mol. The van der Waals surface area contributed by atoms with Gasteiger partial charge >= 0.3 is 5.97 Å². The molecule has 0 aliphatic carbocycles. The summed E-state index contributed by atoms with van der Waals surface area (Å²) in [5, 5.41) is 9.73. The van der Waals surface area contributed by atoms with Crippen LogP contribution in [0.5, 0.6) is 0 Å². The Kier molecular flexibility index (Phi) is 4.76. The molecule has 0 bridgehead atoms. The second-order valence-electron chi connectivity index (χ2n) is 3.00. The van der Waals surface area contributed by atoms with Crippen LogP contribution in [0.1, 0.15) is 18.1 Å². The van der Waals surface area contributed by atoms with Gasteiger partial charge in [0.1, 0.15) is 0 Å². The third-order valence-corrected chi connectivity index (χ3v) is 2.77. The molecule has 0 saturated carbocycles. The number of carbonyl (C=O) groups excluding carboxylic acids is 1. The van der Waals surface area contributed by atoms with Gasteiger partial charge in [0.2, 0.25) is 0 Å². The van der Waals surface area contributed by atoms with Crippen molar-refractivity contribution in [3.63, 3.8) is 0 Å². The van der Waals surface area contributed by atoms with E-state index >= 15 is 0 Å². The van der Waals surface area contributed by atoms with E-state index in [9.17, 15) is 9.90 Å². The molecule has 82 valence electrons. The average molecular weight is 338 g/mol. The van der Waals surface area contributed by atoms with Crippen LogP contribution >= 0.6 is 31.9 Å². The molecule has 1 unspecified atom stereocenters. The van der Waals surface area contributed by atoms with E-state index in [4.69, 9.17) is 0 Å². The molecule has 0 radical (unpaired) electrons. The largest absolute Gasteiger partial charge is 0.469 e. The minimum absolute atomic E-state index is 0.0423. The fourth-order valence-corrected chi connectivity index (χ4v) is 2.46. The molecule has 0 aromatic heterocycles. The summed E-state index contributed by atoms with van der Waals surface area (Å²) in [5.41, 5.74) is 0.668. The number of ether oxygens (including phenoxy) is 1. The summed E-state index contributed by atoms with van der Waals surface area (Å²) < 4.78 is 6.17. The van der Waals surface area contributed by atoms with Crippen molar-refractivity contribution in [3.8, 4) is 0 Å². The lowest BCUT2D eigenvalue weighted by Crippen LogP contribution is -2.08. The van der Waals surface area contributed by atoms with E-state index in [0.29, 0.717) is 5.56 Å². The number of aliphatic hydroxyl groups excluding tert-OH is 1. The van der Waals surface area contributed by atoms with Gasteiger partial charge in [-0.1, -0.05) is 31.9 Å². The Labute approximate surface area is 105 Å². The van der Waals surface area contributed by atoms with Gasteiger partial charge in [-0.15, -0.1) is 0 Å². The molecule has 0 aliphatic heterocycles. The van der Waals surface area contributed by atoms with Gasteiger partial charge < -0.3 is 9.84 Å². The first-order valence-electron chi connectivity index (χ1n) is 4.24. The Balaban J connectivity index is 2.81. The number of rotatable bonds is 3. The summed E-state index contributed by atoms with van der Waals surface area (Å²) in [6, 6.07) is 5.38. The van der Waals surface area contributed by atoms with E-state index in [1.807, 2.05) is 6.07 Å². The zero-order valence-corrected chi connectivity index (χ0v) is 11.2. The van der Waals surface area contributed by atoms with Gasteiger partial charge in [-0.25, -0.2) is 0 Å². The van der Waals surface area contributed by atoms with Gasteiger partial charge in [0.15, 0.2) is 0 Å². The van der Waals surface area contributed by atoms with Gasteiger partial charge in [-0.05, 0) is 23.8 Å². The molecule has 5 heteroatoms. The van der Waals surface area contributed by atoms with Gasteiger partial charge in [0.05, 0.1) is 19.6 Å². The summed E-state index contributed by atoms with van der Waals surface area (Å²) in [5.74, 6) is -0.432. The number of aliphatic hydroxyl groups is 1. The van der Waals surface area contributed by atoms with Crippen molar-refractivity contribution in [2.45, 2.75) is 12.5 Å². The molecule has 0 spiro atoms. The first-order chi connectivity index (χ1) is 7.02. The van der Waals surface area contributed by atoms with Crippen LogP contribution in [0.15, 0.2) is 27.1 Å². The van der Waals surface area contributed by atoms with E-state index in [2.05, 4.69) is 36.6 Å². The maximum Gasteiger partial charge on any atom is 0.308 e. The van der Waals surface area contributed by atoms with Crippen molar-refractivity contribution in [2.24, 2.45) is 0 Å². The number of hydrogen-bond acceptors (Lipinski definition) is 3. The Morgan fingerprint density at radius 1 is 1.40 bits per heavy atom. The molecule has 1 N–H and O–H groups in total. The topological polar surface area (TPSA) is 46.5 Å². The maximum absolute atomic E-state index is 11.0. The SMILES string of the molecule is COC(=O)CC(O)c1cc(Br)cc(Br)c1. The Morgan fingerprint density at radius 2 is 1.93 bits per heavy atom. The van der Waals surface area contributed by atoms with Crippen LogP contribution in [0, 0.1) is 0 Å². The molecule has 0 amide bonds. The number of carbonyl (C=O) groups is 1. The summed E-state index contributed by atoms with van der Waals surface area (Å²) >= 11 is 6.61. The van der Waals surface area contributed by atoms with Crippen LogP contribution in [0.4, 0.5) is 0 Å². The molecule has 1 atom stereocenters. The van der Waals surface area contributed by atoms with Crippen molar-refractivity contribution in [3.05, 3.63) is 32.7 Å². The van der Waals surface area contributed by atoms with E-state index in [1.54, 1.807) is 12.1 Å². The molecular weight excluding hydrogens is 328 g/mol. The zero-order chi connectivity index (χ0) is 11.4. The molecule has 3 nitrogen and oxygen atoms in total. The van der Waals surface area contributed by atoms with E-state index in [-0.39, 0.29) is 6.42 Å². The molecule has 1 rings (SSSR count). The van der Waals surface area contributed by atoms with Crippen LogP contribution in [0.25, 0.3) is 0 Å². The summed E-state index contributed by atoms with van der Waals surface area (Å²) in [6.45, 7) is 0. The van der Waals surface area contributed by atoms with Crippen molar-refractivity contribution in [1.82, 2.24) is 0 Å². The Bertz CT molecular complexity index is 345. The highest BCUT2D eigenvalue weighted by atomic mass is 79.9. The number of benzene rings is 1. The minimum Gasteiger partial charge on any atom is -0.469 e. The Hall–Kier alpha value is -0.390. The number of methoxy groups -OCH3 is 1. The van der Waals surface area contributed by atoms with Crippen molar-refractivity contribution < 1.29 is 14.6 Å². The van der Waals surface area contributed by atoms with Crippen LogP contribution in [-0.4, -0.2) is 18.2 Å². The normalized spacial score (nSPS) is 12.3. The molecule has 1 aromatic carbocycles. The smallest absolute Gasteiger partial charge is 0.308 e. The third kappa shape index (κ3) is 3.93. The molecule has 0 aliphatic rings. The summed E-state index contributed by atoms with van der Waals surface area (Å²) in [6.07, 6.45) is -0.884. The molecule has 15 heavy (non-hydrogen) atoms. The molecule has 0 fully saturated rings. The molecule has 0 heterocycles. The highest BCUT2D eigenvalue weighted by Gasteiger charge is 2.14. The van der Waals surface area contributed by atoms with Crippen molar-refractivity contribution >= 4 is 37.8 Å². The van der Waals surface area contributed by atoms with Crippen LogP contribution in [-0.2, 0) is 9.53 Å². The lowest BCUT2D eigenvalue weighted by Gasteiger charge is -2.10. The highest BCUT2D eigenvalue weighted by molar-refractivity contribution is 9.11. The molecule has 1 aromatic rings. The molecular formula is C10H10Br2O3. The van der Waals surface area contributed by atoms with Gasteiger partial charge in [0.25, 0.3) is 0 Å². The fourth-order valence-electron chi connectivity index (χ4n) is 1.13. The van der Waals surface area contributed by atoms with Crippen molar-refractivity contribution in [1.29, 1.82) is 0 Å². The predicted molar refractivity (Wildman–Crippen MR) is 63.4 cm³/mol. The van der Waals surface area contributed by atoms with E-state index in [1.165, 1.54) is 7.11 Å². The van der Waals surface area contributed by atoms with E-state index < -0.39 is 12.1 Å². The van der Waals surface area contributed by atoms with E-state index in [0.717, 1.165) is 8.95 Å². The first kappa shape index (κ1) is 12.7. The van der Waals surface area contributed by atoms with Crippen molar-refractivity contribution in [2.75, 3.05) is 7.11 Å².